The topological polar surface area (TPSA) is 93.9 Å². The van der Waals surface area contributed by atoms with Crippen LogP contribution in [0.2, 0.25) is 0 Å². The van der Waals surface area contributed by atoms with E-state index < -0.39 is 9.84 Å². The molecule has 1 aliphatic heterocycles. The summed E-state index contributed by atoms with van der Waals surface area (Å²) in [6, 6.07) is -0.151. The minimum atomic E-state index is -3.01. The van der Waals surface area contributed by atoms with Crippen LogP contribution in [-0.4, -0.2) is 40.6 Å². The molecule has 2 atom stereocenters. The van der Waals surface area contributed by atoms with Crippen LogP contribution in [0.25, 0.3) is 0 Å². The number of hydrogen-bond donors (Lipinski definition) is 1. The van der Waals surface area contributed by atoms with Gasteiger partial charge < -0.3 is 0 Å². The van der Waals surface area contributed by atoms with Crippen molar-refractivity contribution in [2.75, 3.05) is 16.8 Å². The molecule has 156 valence electrons. The molecule has 0 unspecified atom stereocenters. The van der Waals surface area contributed by atoms with Gasteiger partial charge in [-0.2, -0.15) is 5.10 Å². The first-order valence-electron chi connectivity index (χ1n) is 10.5. The zero-order valence-corrected chi connectivity index (χ0v) is 18.2. The lowest BCUT2D eigenvalue weighted by Crippen LogP contribution is -2.17. The maximum absolute atomic E-state index is 13.1. The summed E-state index contributed by atoms with van der Waals surface area (Å²) >= 11 is 1.57. The fourth-order valence-corrected chi connectivity index (χ4v) is 7.69. The number of rotatable bonds is 3. The molecule has 3 heterocycles. The summed E-state index contributed by atoms with van der Waals surface area (Å²) in [4.78, 5) is 19.0. The van der Waals surface area contributed by atoms with Gasteiger partial charge in [-0.25, -0.2) is 13.4 Å². The molecule has 1 N–H and O–H groups in total. The lowest BCUT2D eigenvalue weighted by molar-refractivity contribution is 0.102. The van der Waals surface area contributed by atoms with Crippen LogP contribution < -0.4 is 5.32 Å². The Balaban J connectivity index is 1.43. The Morgan fingerprint density at radius 3 is 2.83 bits per heavy atom. The lowest BCUT2D eigenvalue weighted by Gasteiger charge is -2.17. The predicted molar refractivity (Wildman–Crippen MR) is 112 cm³/mol. The van der Waals surface area contributed by atoms with E-state index in [2.05, 4.69) is 22.3 Å². The van der Waals surface area contributed by atoms with Crippen molar-refractivity contribution >= 4 is 32.2 Å². The molecule has 2 aliphatic carbocycles. The summed E-state index contributed by atoms with van der Waals surface area (Å²) in [5.74, 6) is 0.773. The van der Waals surface area contributed by atoms with Crippen LogP contribution in [0.15, 0.2) is 0 Å². The van der Waals surface area contributed by atoms with Crippen molar-refractivity contribution in [3.63, 3.8) is 0 Å². The van der Waals surface area contributed by atoms with E-state index in [4.69, 9.17) is 0 Å². The molecule has 9 heteroatoms. The van der Waals surface area contributed by atoms with Gasteiger partial charge in [-0.1, -0.05) is 6.92 Å². The number of nitrogens with zero attached hydrogens (tertiary/aromatic N) is 3. The van der Waals surface area contributed by atoms with E-state index in [1.807, 2.05) is 4.68 Å². The molecule has 2 aromatic heterocycles. The number of amides is 1. The number of nitrogens with one attached hydrogen (secondary N) is 1. The van der Waals surface area contributed by atoms with E-state index in [9.17, 15) is 13.2 Å². The summed E-state index contributed by atoms with van der Waals surface area (Å²) in [6.45, 7) is 2.25. The van der Waals surface area contributed by atoms with Crippen LogP contribution in [0.4, 0.5) is 5.13 Å². The monoisotopic (exact) mass is 434 g/mol. The van der Waals surface area contributed by atoms with Gasteiger partial charge in [0.15, 0.2) is 20.7 Å². The van der Waals surface area contributed by atoms with Gasteiger partial charge in [-0.3, -0.25) is 14.8 Å². The molecule has 7 nitrogen and oxygen atoms in total. The minimum absolute atomic E-state index is 0.125. The van der Waals surface area contributed by atoms with E-state index in [0.29, 0.717) is 23.2 Å². The molecule has 0 bridgehead atoms. The third-order valence-electron chi connectivity index (χ3n) is 6.38. The standard InChI is InChI=1S/C20H26N4O3S2/c1-12-6-7-15-17(10-12)28-20(21-15)22-19(25)18-14-4-2-3-5-16(14)24(23-18)13-8-9-29(26,27)11-13/h12-13H,2-11H2,1H3,(H,21,22,25)/t12-,13-/m0/s1. The maximum atomic E-state index is 13.1. The summed E-state index contributed by atoms with van der Waals surface area (Å²) in [5.41, 5.74) is 3.61. The molecule has 1 amide bonds. The van der Waals surface area contributed by atoms with Crippen molar-refractivity contribution in [3.05, 3.63) is 27.5 Å². The molecular formula is C20H26N4O3S2. The van der Waals surface area contributed by atoms with Gasteiger partial charge in [0.05, 0.1) is 23.2 Å². The van der Waals surface area contributed by atoms with Gasteiger partial charge >= 0.3 is 0 Å². The Bertz CT molecular complexity index is 1070. The van der Waals surface area contributed by atoms with Gasteiger partial charge in [0.2, 0.25) is 0 Å². The zero-order valence-electron chi connectivity index (χ0n) is 16.6. The number of carbonyl (C=O) groups is 1. The highest BCUT2D eigenvalue weighted by Crippen LogP contribution is 2.34. The number of aromatic nitrogens is 3. The Labute approximate surface area is 174 Å². The van der Waals surface area contributed by atoms with Crippen LogP contribution in [-0.2, 0) is 35.5 Å². The number of sulfone groups is 1. The second kappa shape index (κ2) is 7.19. The largest absolute Gasteiger partial charge is 0.296 e. The quantitative estimate of drug-likeness (QED) is 0.802. The smallest absolute Gasteiger partial charge is 0.278 e. The summed E-state index contributed by atoms with van der Waals surface area (Å²) < 4.78 is 25.8. The molecule has 1 fully saturated rings. The van der Waals surface area contributed by atoms with Crippen LogP contribution in [0.1, 0.15) is 71.0 Å². The average Bonchev–Trinajstić information content (AvgIpc) is 3.35. The van der Waals surface area contributed by atoms with E-state index in [-0.39, 0.29) is 23.5 Å². The fraction of sp³-hybridized carbons (Fsp3) is 0.650. The summed E-state index contributed by atoms with van der Waals surface area (Å²) in [6.07, 6.45) is 7.49. The highest BCUT2D eigenvalue weighted by Gasteiger charge is 2.34. The number of fused-ring (bicyclic) bond motifs is 2. The van der Waals surface area contributed by atoms with Gasteiger partial charge in [0.1, 0.15) is 0 Å². The van der Waals surface area contributed by atoms with Crippen molar-refractivity contribution in [3.8, 4) is 0 Å². The Kier molecular flexibility index (Phi) is 4.77. The average molecular weight is 435 g/mol. The fourth-order valence-electron chi connectivity index (χ4n) is 4.83. The predicted octanol–water partition coefficient (Wildman–Crippen LogP) is 2.96. The second-order valence-electron chi connectivity index (χ2n) is 8.67. The van der Waals surface area contributed by atoms with E-state index in [1.54, 1.807) is 11.3 Å². The van der Waals surface area contributed by atoms with Crippen molar-refractivity contribution in [1.29, 1.82) is 0 Å². The normalized spacial score (nSPS) is 25.4. The van der Waals surface area contributed by atoms with Gasteiger partial charge in [0, 0.05) is 16.1 Å². The van der Waals surface area contributed by atoms with E-state index >= 15 is 0 Å². The highest BCUT2D eigenvalue weighted by molar-refractivity contribution is 7.91. The second-order valence-corrected chi connectivity index (χ2v) is 12.0. The molecule has 1 saturated heterocycles. The first kappa shape index (κ1) is 19.2. The first-order chi connectivity index (χ1) is 13.9. The maximum Gasteiger partial charge on any atom is 0.278 e. The van der Waals surface area contributed by atoms with Gasteiger partial charge in [0.25, 0.3) is 5.91 Å². The van der Waals surface area contributed by atoms with Gasteiger partial charge in [-0.05, 0) is 57.3 Å². The molecule has 0 aromatic carbocycles. The Morgan fingerprint density at radius 2 is 2.03 bits per heavy atom. The van der Waals surface area contributed by atoms with Crippen LogP contribution in [0.5, 0.6) is 0 Å². The molecule has 2 aromatic rings. The third kappa shape index (κ3) is 3.63. The zero-order chi connectivity index (χ0) is 20.2. The summed E-state index contributed by atoms with van der Waals surface area (Å²) in [5, 5.41) is 8.27. The highest BCUT2D eigenvalue weighted by atomic mass is 32.2. The molecule has 3 aliphatic rings. The number of hydrogen-bond acceptors (Lipinski definition) is 6. The lowest BCUT2D eigenvalue weighted by atomic mass is 9.93. The molecule has 0 radical (unpaired) electrons. The molecule has 5 rings (SSSR count). The molecule has 0 saturated carbocycles. The third-order valence-corrected chi connectivity index (χ3v) is 9.17. The van der Waals surface area contributed by atoms with Crippen LogP contribution in [0.3, 0.4) is 0 Å². The van der Waals surface area contributed by atoms with Crippen LogP contribution in [0, 0.1) is 5.92 Å². The molecular weight excluding hydrogens is 408 g/mol. The summed E-state index contributed by atoms with van der Waals surface area (Å²) in [7, 11) is -3.01. The van der Waals surface area contributed by atoms with Crippen molar-refractivity contribution in [2.24, 2.45) is 5.92 Å². The van der Waals surface area contributed by atoms with Crippen molar-refractivity contribution in [2.45, 2.75) is 64.3 Å². The van der Waals surface area contributed by atoms with Gasteiger partial charge in [-0.15, -0.1) is 11.3 Å². The van der Waals surface area contributed by atoms with Crippen molar-refractivity contribution < 1.29 is 13.2 Å². The van der Waals surface area contributed by atoms with Crippen molar-refractivity contribution in [1.82, 2.24) is 14.8 Å². The Morgan fingerprint density at radius 1 is 1.21 bits per heavy atom. The SMILES string of the molecule is C[C@H]1CCc2nc(NC(=O)c3nn([C@H]4CCS(=O)(=O)C4)c4c3CCCC4)sc2C1. The van der Waals surface area contributed by atoms with E-state index in [0.717, 1.165) is 61.9 Å². The molecule has 29 heavy (non-hydrogen) atoms. The number of thiazole rings is 1. The van der Waals surface area contributed by atoms with E-state index in [1.165, 1.54) is 4.88 Å². The first-order valence-corrected chi connectivity index (χ1v) is 13.1. The molecule has 0 spiro atoms. The minimum Gasteiger partial charge on any atom is -0.296 e. The van der Waals surface area contributed by atoms with Crippen LogP contribution >= 0.6 is 11.3 Å². The number of aryl methyl sites for hydroxylation is 1. The number of anilines is 1. The Hall–Kier alpha value is -1.74. The number of carbonyl (C=O) groups excluding carboxylic acids is 1.